The first-order chi connectivity index (χ1) is 21.4. The minimum atomic E-state index is -0.309. The van der Waals surface area contributed by atoms with Crippen molar-refractivity contribution in [2.45, 2.75) is 69.6 Å². The Kier molecular flexibility index (Phi) is 11.3. The molecule has 232 valence electrons. The Morgan fingerprint density at radius 3 is 2.16 bits per heavy atom. The molecule has 2 aliphatic heterocycles. The molecule has 0 saturated carbocycles. The lowest BCUT2D eigenvalue weighted by molar-refractivity contribution is -0.133. The Labute approximate surface area is 267 Å². The third kappa shape index (κ3) is 8.59. The van der Waals surface area contributed by atoms with Gasteiger partial charge in [0.15, 0.2) is 0 Å². The number of hydrogen-bond acceptors (Lipinski definition) is 4. The molecule has 0 radical (unpaired) electrons. The summed E-state index contributed by atoms with van der Waals surface area (Å²) in [4.78, 5) is 31.5. The van der Waals surface area contributed by atoms with Crippen LogP contribution in [0.2, 0.25) is 5.02 Å². The number of carbonyl (C=O) groups is 2. The molecular formula is C37H45ClN4O2. The Morgan fingerprint density at radius 2 is 1.55 bits per heavy atom. The smallest absolute Gasteiger partial charge is 0.244 e. The number of rotatable bonds is 11. The zero-order valence-corrected chi connectivity index (χ0v) is 26.6. The van der Waals surface area contributed by atoms with Crippen molar-refractivity contribution in [1.82, 2.24) is 20.4 Å². The molecule has 44 heavy (non-hydrogen) atoms. The van der Waals surface area contributed by atoms with Crippen LogP contribution in [0.4, 0.5) is 0 Å². The molecule has 2 fully saturated rings. The fourth-order valence-corrected chi connectivity index (χ4v) is 6.75. The molecule has 0 bridgehead atoms. The second-order valence-electron chi connectivity index (χ2n) is 12.3. The van der Waals surface area contributed by atoms with Gasteiger partial charge in [0.05, 0.1) is 6.04 Å². The highest BCUT2D eigenvalue weighted by Crippen LogP contribution is 2.28. The fraction of sp³-hybridized carbons (Fsp3) is 0.405. The van der Waals surface area contributed by atoms with Crippen LogP contribution >= 0.6 is 11.6 Å². The van der Waals surface area contributed by atoms with E-state index in [1.165, 1.54) is 24.0 Å². The molecule has 2 heterocycles. The number of hydrogen-bond donors (Lipinski definition) is 2. The molecule has 2 unspecified atom stereocenters. The predicted octanol–water partition coefficient (Wildman–Crippen LogP) is 6.12. The summed E-state index contributed by atoms with van der Waals surface area (Å²) in [6.07, 6.45) is 7.24. The third-order valence-corrected chi connectivity index (χ3v) is 9.48. The molecule has 7 heteroatoms. The minimum Gasteiger partial charge on any atom is -0.351 e. The number of carbonyl (C=O) groups excluding carboxylic acids is 2. The van der Waals surface area contributed by atoms with Gasteiger partial charge in [-0.1, -0.05) is 84.4 Å². The van der Waals surface area contributed by atoms with Gasteiger partial charge in [-0.25, -0.2) is 0 Å². The van der Waals surface area contributed by atoms with Gasteiger partial charge in [-0.05, 0) is 74.4 Å². The van der Waals surface area contributed by atoms with E-state index in [0.29, 0.717) is 36.7 Å². The Bertz CT molecular complexity index is 1330. The normalized spacial score (nSPS) is 22.9. The van der Waals surface area contributed by atoms with Gasteiger partial charge in [-0.2, -0.15) is 0 Å². The maximum Gasteiger partial charge on any atom is 0.244 e. The molecule has 0 aromatic heterocycles. The number of likely N-dealkylation sites (tertiary alicyclic amines) is 1. The quantitative estimate of drug-likeness (QED) is 0.256. The summed E-state index contributed by atoms with van der Waals surface area (Å²) in [5.74, 6) is 0.0753. The molecule has 3 aromatic carbocycles. The predicted molar refractivity (Wildman–Crippen MR) is 180 cm³/mol. The van der Waals surface area contributed by atoms with Gasteiger partial charge in [0.25, 0.3) is 0 Å². The van der Waals surface area contributed by atoms with Crippen LogP contribution in [0.1, 0.15) is 62.1 Å². The van der Waals surface area contributed by atoms with Crippen LogP contribution in [0.3, 0.4) is 0 Å². The van der Waals surface area contributed by atoms with Crippen LogP contribution in [-0.4, -0.2) is 72.0 Å². The van der Waals surface area contributed by atoms with Crippen molar-refractivity contribution in [3.8, 4) is 0 Å². The summed E-state index contributed by atoms with van der Waals surface area (Å²) in [5.41, 5.74) is 3.32. The molecule has 0 spiro atoms. The van der Waals surface area contributed by atoms with Crippen LogP contribution in [0, 0.1) is 0 Å². The summed E-state index contributed by atoms with van der Waals surface area (Å²) in [5, 5.41) is 7.39. The van der Waals surface area contributed by atoms with Crippen molar-refractivity contribution in [3.05, 3.63) is 113 Å². The largest absolute Gasteiger partial charge is 0.351 e. The lowest BCUT2D eigenvalue weighted by Crippen LogP contribution is -2.50. The van der Waals surface area contributed by atoms with Crippen molar-refractivity contribution >= 4 is 29.5 Å². The number of amides is 2. The van der Waals surface area contributed by atoms with Gasteiger partial charge < -0.3 is 15.5 Å². The van der Waals surface area contributed by atoms with Crippen molar-refractivity contribution in [1.29, 1.82) is 0 Å². The van der Waals surface area contributed by atoms with E-state index in [2.05, 4.69) is 82.8 Å². The van der Waals surface area contributed by atoms with Crippen LogP contribution < -0.4 is 10.6 Å². The molecule has 2 saturated heterocycles. The molecular weight excluding hydrogens is 568 g/mol. The van der Waals surface area contributed by atoms with Gasteiger partial charge in [0, 0.05) is 61.3 Å². The summed E-state index contributed by atoms with van der Waals surface area (Å²) in [7, 11) is 0. The fourth-order valence-electron chi connectivity index (χ4n) is 6.62. The Balaban J connectivity index is 1.30. The molecule has 2 N–H and O–H groups in total. The first-order valence-corrected chi connectivity index (χ1v) is 16.4. The number of halogens is 1. The Hall–Kier alpha value is -3.45. The van der Waals surface area contributed by atoms with E-state index in [4.69, 9.17) is 11.6 Å². The van der Waals surface area contributed by atoms with Crippen LogP contribution in [0.15, 0.2) is 91.0 Å². The van der Waals surface area contributed by atoms with E-state index in [0.717, 1.165) is 24.9 Å². The zero-order chi connectivity index (χ0) is 30.9. The number of nitrogens with one attached hydrogen (secondary N) is 2. The average molecular weight is 613 g/mol. The van der Waals surface area contributed by atoms with Gasteiger partial charge in [-0.3, -0.25) is 14.5 Å². The summed E-state index contributed by atoms with van der Waals surface area (Å²) in [6, 6.07) is 29.1. The highest BCUT2D eigenvalue weighted by atomic mass is 35.5. The van der Waals surface area contributed by atoms with Crippen molar-refractivity contribution in [2.24, 2.45) is 0 Å². The molecule has 6 nitrogen and oxygen atoms in total. The highest BCUT2D eigenvalue weighted by molar-refractivity contribution is 6.30. The van der Waals surface area contributed by atoms with Crippen molar-refractivity contribution in [2.75, 3.05) is 26.2 Å². The third-order valence-electron chi connectivity index (χ3n) is 9.23. The van der Waals surface area contributed by atoms with Gasteiger partial charge in [0.1, 0.15) is 0 Å². The molecule has 3 aromatic rings. The van der Waals surface area contributed by atoms with E-state index in [1.807, 2.05) is 24.3 Å². The lowest BCUT2D eigenvalue weighted by atomic mass is 9.90. The van der Waals surface area contributed by atoms with E-state index in [9.17, 15) is 9.59 Å². The van der Waals surface area contributed by atoms with Crippen LogP contribution in [-0.2, 0) is 9.59 Å². The average Bonchev–Trinajstić information content (AvgIpc) is 3.29. The summed E-state index contributed by atoms with van der Waals surface area (Å²) >= 11 is 5.98. The van der Waals surface area contributed by atoms with E-state index in [-0.39, 0.29) is 29.8 Å². The van der Waals surface area contributed by atoms with Crippen molar-refractivity contribution in [3.63, 3.8) is 0 Å². The molecule has 0 aliphatic carbocycles. The van der Waals surface area contributed by atoms with E-state index >= 15 is 0 Å². The zero-order valence-electron chi connectivity index (χ0n) is 25.9. The lowest BCUT2D eigenvalue weighted by Gasteiger charge is -2.31. The molecule has 4 atom stereocenters. The van der Waals surface area contributed by atoms with E-state index < -0.39 is 0 Å². The van der Waals surface area contributed by atoms with E-state index in [1.54, 1.807) is 24.3 Å². The standard InChI is InChI=1S/C37H45ClN4O2/c1-27-13-14-28(2)42(27)24-22-35-37(44)41(26-34(30-9-5-3-6-10-30)31-11-7-4-8-12-31)23-21-33(40-35)25-39-36(43)20-17-29-15-18-32(38)19-16-29/h3-12,15-20,27-28,33-35,40H,13-14,21-26H2,1-2H3,(H,39,43)/b20-17+/t27-,28?,33?,35-/m0/s1. The Morgan fingerprint density at radius 1 is 0.932 bits per heavy atom. The van der Waals surface area contributed by atoms with Crippen LogP contribution in [0.5, 0.6) is 0 Å². The van der Waals surface area contributed by atoms with Gasteiger partial charge in [0.2, 0.25) is 11.8 Å². The SMILES string of the molecule is CC1CC[C@H](C)N1CC[C@@H]1NC(CNC(=O)/C=C/c2ccc(Cl)cc2)CCN(CC(c2ccccc2)c2ccccc2)C1=O. The maximum absolute atomic E-state index is 14.2. The number of nitrogens with zero attached hydrogens (tertiary/aromatic N) is 2. The highest BCUT2D eigenvalue weighted by Gasteiger charge is 2.34. The minimum absolute atomic E-state index is 0.0119. The number of benzene rings is 3. The summed E-state index contributed by atoms with van der Waals surface area (Å²) in [6.45, 7) is 7.17. The molecule has 5 rings (SSSR count). The van der Waals surface area contributed by atoms with Crippen LogP contribution in [0.25, 0.3) is 6.08 Å². The first-order valence-electron chi connectivity index (χ1n) is 16.0. The maximum atomic E-state index is 14.2. The first kappa shape index (κ1) is 32.0. The second kappa shape index (κ2) is 15.5. The monoisotopic (exact) mass is 612 g/mol. The van der Waals surface area contributed by atoms with Gasteiger partial charge >= 0.3 is 0 Å². The van der Waals surface area contributed by atoms with Gasteiger partial charge in [-0.15, -0.1) is 0 Å². The van der Waals surface area contributed by atoms with Crippen molar-refractivity contribution < 1.29 is 9.59 Å². The second-order valence-corrected chi connectivity index (χ2v) is 12.7. The topological polar surface area (TPSA) is 64.7 Å². The molecule has 2 amide bonds. The molecule has 2 aliphatic rings. The summed E-state index contributed by atoms with van der Waals surface area (Å²) < 4.78 is 0.